The number of carbonyl (C=O) groups is 1. The molecular formula is C7H11BrO2. The Balaban J connectivity index is 2.75. The lowest BCUT2D eigenvalue weighted by Crippen LogP contribution is -2.33. The highest BCUT2D eigenvalue weighted by molar-refractivity contribution is 9.10. The van der Waals surface area contributed by atoms with E-state index >= 15 is 0 Å². The fourth-order valence-electron chi connectivity index (χ4n) is 1.46. The van der Waals surface area contributed by atoms with Crippen LogP contribution < -0.4 is 0 Å². The van der Waals surface area contributed by atoms with Gasteiger partial charge in [-0.25, -0.2) is 0 Å². The fraction of sp³-hybridized carbons (Fsp3) is 0.857. The average Bonchev–Trinajstić information content (AvgIpc) is 2.15. The fourth-order valence-corrected chi connectivity index (χ4v) is 1.97. The highest BCUT2D eigenvalue weighted by atomic mass is 79.9. The highest BCUT2D eigenvalue weighted by Gasteiger charge is 2.44. The van der Waals surface area contributed by atoms with Gasteiger partial charge in [0.2, 0.25) is 0 Å². The summed E-state index contributed by atoms with van der Waals surface area (Å²) in [5, 5.41) is 8.80. The first-order valence-electron chi connectivity index (χ1n) is 3.49. The minimum absolute atomic E-state index is 0.269. The van der Waals surface area contributed by atoms with E-state index in [-0.39, 0.29) is 5.92 Å². The predicted octanol–water partition coefficient (Wildman–Crippen LogP) is 2.02. The van der Waals surface area contributed by atoms with Crippen LogP contribution in [0.15, 0.2) is 0 Å². The van der Waals surface area contributed by atoms with Gasteiger partial charge < -0.3 is 5.11 Å². The second-order valence-electron chi connectivity index (χ2n) is 2.96. The minimum atomic E-state index is -0.711. The van der Waals surface area contributed by atoms with Crippen LogP contribution in [0.2, 0.25) is 0 Å². The summed E-state index contributed by atoms with van der Waals surface area (Å²) in [6.07, 6.45) is 2.82. The maximum atomic E-state index is 10.7. The summed E-state index contributed by atoms with van der Waals surface area (Å²) in [5.74, 6) is -0.442. The molecule has 1 rings (SSSR count). The van der Waals surface area contributed by atoms with Crippen molar-refractivity contribution in [3.8, 4) is 0 Å². The first-order chi connectivity index (χ1) is 4.57. The van der Waals surface area contributed by atoms with Crippen LogP contribution in [0.4, 0.5) is 0 Å². The van der Waals surface area contributed by atoms with Gasteiger partial charge in [-0.15, -0.1) is 0 Å². The molecule has 0 aromatic rings. The summed E-state index contributed by atoms with van der Waals surface area (Å²) in [6.45, 7) is 1.98. The van der Waals surface area contributed by atoms with Crippen LogP contribution in [0.1, 0.15) is 26.2 Å². The van der Waals surface area contributed by atoms with E-state index in [0.717, 1.165) is 19.3 Å². The Morgan fingerprint density at radius 1 is 1.80 bits per heavy atom. The third-order valence-corrected chi connectivity index (χ3v) is 3.83. The highest BCUT2D eigenvalue weighted by Crippen LogP contribution is 2.42. The van der Waals surface area contributed by atoms with Crippen LogP contribution in [0.5, 0.6) is 0 Å². The molecule has 0 heterocycles. The van der Waals surface area contributed by atoms with E-state index in [0.29, 0.717) is 0 Å². The lowest BCUT2D eigenvalue weighted by Gasteiger charge is -2.20. The zero-order valence-corrected chi connectivity index (χ0v) is 7.52. The standard InChI is InChI=1S/C7H11BrO2/c1-5-3-2-4-7(5,8)6(9)10/h5H,2-4H2,1H3,(H,9,10). The summed E-state index contributed by atoms with van der Waals surface area (Å²) in [7, 11) is 0. The van der Waals surface area contributed by atoms with Crippen molar-refractivity contribution in [3.63, 3.8) is 0 Å². The average molecular weight is 207 g/mol. The molecule has 0 aromatic heterocycles. The second-order valence-corrected chi connectivity index (χ2v) is 4.38. The Kier molecular flexibility index (Phi) is 2.04. The van der Waals surface area contributed by atoms with Crippen LogP contribution >= 0.6 is 15.9 Å². The van der Waals surface area contributed by atoms with E-state index in [4.69, 9.17) is 5.11 Å². The van der Waals surface area contributed by atoms with Crippen molar-refractivity contribution < 1.29 is 9.90 Å². The number of rotatable bonds is 1. The van der Waals surface area contributed by atoms with E-state index < -0.39 is 10.3 Å². The van der Waals surface area contributed by atoms with Gasteiger partial charge in [-0.2, -0.15) is 0 Å². The van der Waals surface area contributed by atoms with Crippen molar-refractivity contribution in [2.24, 2.45) is 5.92 Å². The Morgan fingerprint density at radius 3 is 2.60 bits per heavy atom. The van der Waals surface area contributed by atoms with Crippen molar-refractivity contribution in [2.45, 2.75) is 30.5 Å². The Bertz CT molecular complexity index is 158. The van der Waals surface area contributed by atoms with Crippen molar-refractivity contribution in [1.29, 1.82) is 0 Å². The zero-order chi connectivity index (χ0) is 7.78. The molecule has 0 aromatic carbocycles. The molecule has 58 valence electrons. The van der Waals surface area contributed by atoms with E-state index in [1.807, 2.05) is 6.92 Å². The smallest absolute Gasteiger partial charge is 0.320 e. The number of hydrogen-bond acceptors (Lipinski definition) is 1. The summed E-state index contributed by atoms with van der Waals surface area (Å²) in [5.41, 5.74) is 0. The lowest BCUT2D eigenvalue weighted by molar-refractivity contribution is -0.140. The monoisotopic (exact) mass is 206 g/mol. The molecule has 1 fully saturated rings. The molecule has 10 heavy (non-hydrogen) atoms. The van der Waals surface area contributed by atoms with Crippen molar-refractivity contribution >= 4 is 21.9 Å². The van der Waals surface area contributed by atoms with Crippen LogP contribution in [-0.4, -0.2) is 15.4 Å². The van der Waals surface area contributed by atoms with Gasteiger partial charge in [-0.3, -0.25) is 4.79 Å². The van der Waals surface area contributed by atoms with Gasteiger partial charge in [0, 0.05) is 0 Å². The van der Waals surface area contributed by atoms with Crippen LogP contribution in [0, 0.1) is 5.92 Å². The number of halogens is 1. The molecule has 1 N–H and O–H groups in total. The van der Waals surface area contributed by atoms with Crippen LogP contribution in [0.25, 0.3) is 0 Å². The number of hydrogen-bond donors (Lipinski definition) is 1. The first kappa shape index (κ1) is 8.05. The third kappa shape index (κ3) is 1.07. The maximum absolute atomic E-state index is 10.7. The molecule has 0 bridgehead atoms. The first-order valence-corrected chi connectivity index (χ1v) is 4.29. The maximum Gasteiger partial charge on any atom is 0.320 e. The van der Waals surface area contributed by atoms with Gasteiger partial charge in [-0.05, 0) is 18.8 Å². The molecule has 2 unspecified atom stereocenters. The summed E-state index contributed by atoms with van der Waals surface area (Å²) in [6, 6.07) is 0. The topological polar surface area (TPSA) is 37.3 Å². The summed E-state index contributed by atoms with van der Waals surface area (Å²) >= 11 is 3.28. The molecule has 0 radical (unpaired) electrons. The van der Waals surface area contributed by atoms with Crippen molar-refractivity contribution in [2.75, 3.05) is 0 Å². The molecule has 3 heteroatoms. The quantitative estimate of drug-likeness (QED) is 0.668. The number of alkyl halides is 1. The van der Waals surface area contributed by atoms with Crippen molar-refractivity contribution in [1.82, 2.24) is 0 Å². The number of carboxylic acids is 1. The van der Waals surface area contributed by atoms with Gasteiger partial charge in [0.1, 0.15) is 4.32 Å². The molecule has 0 saturated heterocycles. The van der Waals surface area contributed by atoms with Crippen LogP contribution in [0.3, 0.4) is 0 Å². The van der Waals surface area contributed by atoms with Gasteiger partial charge in [-0.1, -0.05) is 29.3 Å². The number of aliphatic carboxylic acids is 1. The third-order valence-electron chi connectivity index (χ3n) is 2.31. The Hall–Kier alpha value is -0.0500. The summed E-state index contributed by atoms with van der Waals surface area (Å²) < 4.78 is -0.618. The molecular weight excluding hydrogens is 196 g/mol. The molecule has 0 amide bonds. The second kappa shape index (κ2) is 2.53. The number of carboxylic acid groups (broad SMARTS) is 1. The summed E-state index contributed by atoms with van der Waals surface area (Å²) in [4.78, 5) is 10.7. The van der Waals surface area contributed by atoms with Gasteiger partial charge in [0.05, 0.1) is 0 Å². The lowest BCUT2D eigenvalue weighted by atomic mass is 9.98. The van der Waals surface area contributed by atoms with Gasteiger partial charge >= 0.3 is 5.97 Å². The largest absolute Gasteiger partial charge is 0.480 e. The zero-order valence-electron chi connectivity index (χ0n) is 5.93. The Morgan fingerprint density at radius 2 is 2.40 bits per heavy atom. The van der Waals surface area contributed by atoms with E-state index in [9.17, 15) is 4.79 Å². The predicted molar refractivity (Wildman–Crippen MR) is 42.3 cm³/mol. The SMILES string of the molecule is CC1CCCC1(Br)C(=O)O. The van der Waals surface area contributed by atoms with Gasteiger partial charge in [0.15, 0.2) is 0 Å². The van der Waals surface area contributed by atoms with E-state index in [1.165, 1.54) is 0 Å². The molecule has 1 aliphatic carbocycles. The van der Waals surface area contributed by atoms with E-state index in [1.54, 1.807) is 0 Å². The molecule has 1 saturated carbocycles. The normalized spacial score (nSPS) is 40.0. The van der Waals surface area contributed by atoms with Crippen molar-refractivity contribution in [3.05, 3.63) is 0 Å². The molecule has 2 atom stereocenters. The minimum Gasteiger partial charge on any atom is -0.480 e. The molecule has 2 nitrogen and oxygen atoms in total. The molecule has 1 aliphatic rings. The van der Waals surface area contributed by atoms with E-state index in [2.05, 4.69) is 15.9 Å². The Labute approximate surface area is 68.7 Å². The van der Waals surface area contributed by atoms with Crippen LogP contribution in [-0.2, 0) is 4.79 Å². The van der Waals surface area contributed by atoms with Gasteiger partial charge in [0.25, 0.3) is 0 Å². The molecule has 0 aliphatic heterocycles. The molecule has 0 spiro atoms.